The maximum atomic E-state index is 13.8. The summed E-state index contributed by atoms with van der Waals surface area (Å²) in [6.45, 7) is 2.50. The molecule has 5 nitrogen and oxygen atoms in total. The van der Waals surface area contributed by atoms with E-state index in [1.807, 2.05) is 13.0 Å². The minimum Gasteiger partial charge on any atom is -0.486 e. The third-order valence-electron chi connectivity index (χ3n) is 3.93. The Balaban J connectivity index is 0.00000392. The van der Waals surface area contributed by atoms with Crippen molar-refractivity contribution < 1.29 is 13.5 Å². The maximum Gasteiger partial charge on any atom is 0.191 e. The van der Waals surface area contributed by atoms with Crippen molar-refractivity contribution in [3.05, 3.63) is 65.2 Å². The molecule has 0 heterocycles. The second-order valence-corrected chi connectivity index (χ2v) is 5.80. The third kappa shape index (κ3) is 6.96. The first kappa shape index (κ1) is 23.6. The van der Waals surface area contributed by atoms with Crippen LogP contribution in [0.25, 0.3) is 0 Å². The molecule has 0 bridgehead atoms. The standard InChI is InChI=1S/C20H22F2N4O.HI/c1-3-16(27-19-7-5-4-6-18(19)22)13-26-20(24-2)25-12-15-10-14(11-23)8-9-17(15)21;/h4-10,16H,3,12-13H2,1-2H3,(H2,24,25,26);1H. The van der Waals surface area contributed by atoms with Gasteiger partial charge in [-0.3, -0.25) is 4.99 Å². The minimum absolute atomic E-state index is 0. The summed E-state index contributed by atoms with van der Waals surface area (Å²) in [5.41, 5.74) is 0.757. The number of halogens is 3. The average molecular weight is 500 g/mol. The first-order valence-electron chi connectivity index (χ1n) is 8.61. The van der Waals surface area contributed by atoms with E-state index in [1.54, 1.807) is 25.2 Å². The fourth-order valence-corrected chi connectivity index (χ4v) is 2.38. The van der Waals surface area contributed by atoms with Crippen molar-refractivity contribution >= 4 is 29.9 Å². The van der Waals surface area contributed by atoms with E-state index in [4.69, 9.17) is 10.00 Å². The Morgan fingerprint density at radius 3 is 2.57 bits per heavy atom. The highest BCUT2D eigenvalue weighted by Gasteiger charge is 2.12. The highest BCUT2D eigenvalue weighted by atomic mass is 127. The Kier molecular flexibility index (Phi) is 10.2. The van der Waals surface area contributed by atoms with Crippen molar-refractivity contribution in [1.29, 1.82) is 5.26 Å². The molecule has 1 unspecified atom stereocenters. The van der Waals surface area contributed by atoms with Gasteiger partial charge in [0.1, 0.15) is 11.9 Å². The molecule has 2 aromatic rings. The Bertz CT molecular complexity index is 839. The monoisotopic (exact) mass is 500 g/mol. The second kappa shape index (κ2) is 12.1. The van der Waals surface area contributed by atoms with Crippen LogP contribution in [0.2, 0.25) is 0 Å². The van der Waals surface area contributed by atoms with E-state index in [1.165, 1.54) is 24.3 Å². The molecule has 0 spiro atoms. The van der Waals surface area contributed by atoms with Gasteiger partial charge in [0.15, 0.2) is 17.5 Å². The van der Waals surface area contributed by atoms with Crippen LogP contribution in [0.3, 0.4) is 0 Å². The van der Waals surface area contributed by atoms with Crippen molar-refractivity contribution in [2.75, 3.05) is 13.6 Å². The molecule has 0 aliphatic heterocycles. The van der Waals surface area contributed by atoms with Gasteiger partial charge in [-0.1, -0.05) is 19.1 Å². The van der Waals surface area contributed by atoms with Crippen LogP contribution in [0, 0.1) is 23.0 Å². The van der Waals surface area contributed by atoms with Crippen LogP contribution in [0.15, 0.2) is 47.5 Å². The van der Waals surface area contributed by atoms with Crippen LogP contribution in [-0.2, 0) is 6.54 Å². The van der Waals surface area contributed by atoms with Crippen LogP contribution >= 0.6 is 24.0 Å². The summed E-state index contributed by atoms with van der Waals surface area (Å²) in [7, 11) is 1.59. The van der Waals surface area contributed by atoms with Gasteiger partial charge in [0, 0.05) is 19.2 Å². The van der Waals surface area contributed by atoms with E-state index in [0.29, 0.717) is 30.1 Å². The van der Waals surface area contributed by atoms with E-state index in [9.17, 15) is 8.78 Å². The first-order valence-corrected chi connectivity index (χ1v) is 8.61. The van der Waals surface area contributed by atoms with E-state index in [0.717, 1.165) is 0 Å². The van der Waals surface area contributed by atoms with Crippen molar-refractivity contribution in [3.63, 3.8) is 0 Å². The van der Waals surface area contributed by atoms with Crippen LogP contribution in [-0.4, -0.2) is 25.7 Å². The SMILES string of the molecule is CCC(CNC(=NC)NCc1cc(C#N)ccc1F)Oc1ccccc1F.I. The van der Waals surface area contributed by atoms with Crippen molar-refractivity contribution in [2.45, 2.75) is 26.0 Å². The van der Waals surface area contributed by atoms with Gasteiger partial charge in [0.05, 0.1) is 18.2 Å². The molecule has 0 saturated heterocycles. The molecule has 2 rings (SSSR count). The summed E-state index contributed by atoms with van der Waals surface area (Å²) in [5.74, 6) is -0.158. The molecule has 2 N–H and O–H groups in total. The second-order valence-electron chi connectivity index (χ2n) is 5.80. The Morgan fingerprint density at radius 2 is 1.93 bits per heavy atom. The van der Waals surface area contributed by atoms with E-state index >= 15 is 0 Å². The van der Waals surface area contributed by atoms with Gasteiger partial charge >= 0.3 is 0 Å². The minimum atomic E-state index is -0.411. The lowest BCUT2D eigenvalue weighted by Crippen LogP contribution is -2.42. The van der Waals surface area contributed by atoms with Crippen LogP contribution in [0.4, 0.5) is 8.78 Å². The van der Waals surface area contributed by atoms with Gasteiger partial charge in [-0.15, -0.1) is 24.0 Å². The predicted octanol–water partition coefficient (Wildman–Crippen LogP) is 3.98. The van der Waals surface area contributed by atoms with Gasteiger partial charge in [0.2, 0.25) is 0 Å². The predicted molar refractivity (Wildman–Crippen MR) is 116 cm³/mol. The number of rotatable bonds is 7. The van der Waals surface area contributed by atoms with Crippen LogP contribution in [0.5, 0.6) is 5.75 Å². The first-order chi connectivity index (χ1) is 13.1. The molecule has 0 aliphatic rings. The van der Waals surface area contributed by atoms with Crippen LogP contribution in [0.1, 0.15) is 24.5 Å². The van der Waals surface area contributed by atoms with Gasteiger partial charge in [-0.2, -0.15) is 5.26 Å². The number of ether oxygens (including phenoxy) is 1. The number of para-hydroxylation sites is 1. The maximum absolute atomic E-state index is 13.8. The molecular formula is C20H23F2IN4O. The number of nitrogens with one attached hydrogen (secondary N) is 2. The smallest absolute Gasteiger partial charge is 0.191 e. The Labute approximate surface area is 180 Å². The molecule has 0 saturated carbocycles. The molecule has 0 radical (unpaired) electrons. The zero-order valence-corrected chi connectivity index (χ0v) is 18.0. The van der Waals surface area contributed by atoms with E-state index < -0.39 is 11.6 Å². The Hall–Kier alpha value is -2.41. The molecule has 0 fully saturated rings. The van der Waals surface area contributed by atoms with Crippen LogP contribution < -0.4 is 15.4 Å². The van der Waals surface area contributed by atoms with Crippen molar-refractivity contribution in [3.8, 4) is 11.8 Å². The fourth-order valence-electron chi connectivity index (χ4n) is 2.38. The number of nitriles is 1. The molecule has 28 heavy (non-hydrogen) atoms. The van der Waals surface area contributed by atoms with Gasteiger partial charge in [-0.05, 0) is 36.8 Å². The quantitative estimate of drug-likeness (QED) is 0.343. The van der Waals surface area contributed by atoms with Gasteiger partial charge in [-0.25, -0.2) is 8.78 Å². The number of guanidine groups is 1. The summed E-state index contributed by atoms with van der Waals surface area (Å²) >= 11 is 0. The fraction of sp³-hybridized carbons (Fsp3) is 0.300. The molecule has 2 aromatic carbocycles. The zero-order valence-electron chi connectivity index (χ0n) is 15.7. The third-order valence-corrected chi connectivity index (χ3v) is 3.93. The summed E-state index contributed by atoms with van der Waals surface area (Å²) < 4.78 is 33.2. The Morgan fingerprint density at radius 1 is 1.18 bits per heavy atom. The largest absolute Gasteiger partial charge is 0.486 e. The summed E-state index contributed by atoms with van der Waals surface area (Å²) in [4.78, 5) is 4.08. The molecule has 150 valence electrons. The number of aliphatic imine (C=N–C) groups is 1. The molecule has 0 aliphatic carbocycles. The highest BCUT2D eigenvalue weighted by molar-refractivity contribution is 14.0. The van der Waals surface area contributed by atoms with E-state index in [2.05, 4.69) is 15.6 Å². The summed E-state index contributed by atoms with van der Waals surface area (Å²) in [6.07, 6.45) is 0.399. The molecule has 0 aromatic heterocycles. The van der Waals surface area contributed by atoms with Crippen molar-refractivity contribution in [2.24, 2.45) is 4.99 Å². The lowest BCUT2D eigenvalue weighted by atomic mass is 10.1. The average Bonchev–Trinajstić information content (AvgIpc) is 2.69. The molecular weight excluding hydrogens is 477 g/mol. The topological polar surface area (TPSA) is 69.4 Å². The summed E-state index contributed by atoms with van der Waals surface area (Å²) in [5, 5.41) is 15.0. The lowest BCUT2D eigenvalue weighted by molar-refractivity contribution is 0.191. The summed E-state index contributed by atoms with van der Waals surface area (Å²) in [6, 6.07) is 12.4. The lowest BCUT2D eigenvalue weighted by Gasteiger charge is -2.20. The van der Waals surface area contributed by atoms with E-state index in [-0.39, 0.29) is 42.4 Å². The zero-order chi connectivity index (χ0) is 19.6. The van der Waals surface area contributed by atoms with Crippen molar-refractivity contribution in [1.82, 2.24) is 10.6 Å². The number of hydrogen-bond donors (Lipinski definition) is 2. The molecule has 0 amide bonds. The highest BCUT2D eigenvalue weighted by Crippen LogP contribution is 2.17. The molecule has 1 atom stereocenters. The number of nitrogens with zero attached hydrogens (tertiary/aromatic N) is 2. The van der Waals surface area contributed by atoms with Gasteiger partial charge < -0.3 is 15.4 Å². The molecule has 8 heteroatoms. The normalized spacial score (nSPS) is 11.8. The number of hydrogen-bond acceptors (Lipinski definition) is 3. The van der Waals surface area contributed by atoms with Gasteiger partial charge in [0.25, 0.3) is 0 Å². The number of benzene rings is 2.